The third-order valence-corrected chi connectivity index (χ3v) is 4.61. The Morgan fingerprint density at radius 2 is 2.28 bits per heavy atom. The van der Waals surface area contributed by atoms with E-state index < -0.39 is 0 Å². The van der Waals surface area contributed by atoms with Crippen molar-refractivity contribution < 1.29 is 4.74 Å². The number of hydrogen-bond donors (Lipinski definition) is 1. The third kappa shape index (κ3) is 2.85. The van der Waals surface area contributed by atoms with Crippen LogP contribution in [0.25, 0.3) is 0 Å². The molecule has 2 aliphatic heterocycles. The largest absolute Gasteiger partial charge is 0.373 e. The van der Waals surface area contributed by atoms with Gasteiger partial charge in [0.05, 0.1) is 12.2 Å². The summed E-state index contributed by atoms with van der Waals surface area (Å²) in [5.74, 6) is 0. The maximum absolute atomic E-state index is 5.84. The summed E-state index contributed by atoms with van der Waals surface area (Å²) in [5, 5.41) is 2.22. The van der Waals surface area contributed by atoms with Crippen molar-refractivity contribution in [1.82, 2.24) is 9.80 Å². The Kier molecular flexibility index (Phi) is 4.26. The Hall–Kier alpha value is -0.230. The highest BCUT2D eigenvalue weighted by Gasteiger charge is 2.37. The van der Waals surface area contributed by atoms with E-state index in [2.05, 4.69) is 42.9 Å². The van der Waals surface area contributed by atoms with E-state index in [9.17, 15) is 0 Å². The van der Waals surface area contributed by atoms with Crippen molar-refractivity contribution in [3.63, 3.8) is 0 Å². The van der Waals surface area contributed by atoms with Crippen molar-refractivity contribution in [2.75, 3.05) is 26.2 Å². The molecule has 2 aliphatic rings. The molecule has 0 saturated carbocycles. The number of hydrogen-bond acceptors (Lipinski definition) is 5. The maximum atomic E-state index is 5.84. The average molecular weight is 271 g/mol. The zero-order chi connectivity index (χ0) is 13.3. The fraction of sp³-hybridized carbons (Fsp3) is 0.846. The van der Waals surface area contributed by atoms with Gasteiger partial charge in [-0.3, -0.25) is 4.90 Å². The van der Waals surface area contributed by atoms with E-state index in [0.29, 0.717) is 18.1 Å². The SMILES string of the molecule is CC(C)N1C(CN)=CSC1N1CCOC(C)(C)C1. The highest BCUT2D eigenvalue weighted by atomic mass is 32.2. The predicted molar refractivity (Wildman–Crippen MR) is 77.1 cm³/mol. The van der Waals surface area contributed by atoms with Gasteiger partial charge in [0.15, 0.2) is 0 Å². The van der Waals surface area contributed by atoms with Gasteiger partial charge in [0.25, 0.3) is 0 Å². The summed E-state index contributed by atoms with van der Waals surface area (Å²) in [6.45, 7) is 12.2. The molecule has 0 aromatic rings. The first-order chi connectivity index (χ1) is 8.44. The number of rotatable bonds is 3. The summed E-state index contributed by atoms with van der Waals surface area (Å²) in [4.78, 5) is 4.94. The molecule has 1 unspecified atom stereocenters. The average Bonchev–Trinajstić information content (AvgIpc) is 2.71. The lowest BCUT2D eigenvalue weighted by Crippen LogP contribution is -2.56. The lowest BCUT2D eigenvalue weighted by Gasteiger charge is -2.45. The number of thioether (sulfide) groups is 1. The predicted octanol–water partition coefficient (Wildman–Crippen LogP) is 1.64. The highest BCUT2D eigenvalue weighted by Crippen LogP contribution is 2.36. The molecule has 0 aromatic carbocycles. The normalized spacial score (nSPS) is 28.9. The fourth-order valence-corrected chi connectivity index (χ4v) is 4.01. The maximum Gasteiger partial charge on any atom is 0.135 e. The molecule has 0 aromatic heterocycles. The lowest BCUT2D eigenvalue weighted by molar-refractivity contribution is -0.101. The van der Waals surface area contributed by atoms with Crippen molar-refractivity contribution in [1.29, 1.82) is 0 Å². The van der Waals surface area contributed by atoms with Crippen molar-refractivity contribution in [2.45, 2.75) is 44.8 Å². The number of nitrogens with zero attached hydrogens (tertiary/aromatic N) is 2. The number of nitrogens with two attached hydrogens (primary N) is 1. The number of ether oxygens (including phenoxy) is 1. The van der Waals surface area contributed by atoms with Crippen LogP contribution in [0.2, 0.25) is 0 Å². The zero-order valence-corrected chi connectivity index (χ0v) is 12.7. The van der Waals surface area contributed by atoms with E-state index in [1.807, 2.05) is 11.8 Å². The molecule has 0 bridgehead atoms. The van der Waals surface area contributed by atoms with E-state index in [1.54, 1.807) is 0 Å². The molecule has 1 saturated heterocycles. The van der Waals surface area contributed by atoms with Gasteiger partial charge in [-0.05, 0) is 33.1 Å². The van der Waals surface area contributed by atoms with Crippen LogP contribution in [0.15, 0.2) is 11.1 Å². The minimum Gasteiger partial charge on any atom is -0.373 e. The minimum absolute atomic E-state index is 0.0487. The van der Waals surface area contributed by atoms with Crippen LogP contribution < -0.4 is 5.73 Å². The Morgan fingerprint density at radius 3 is 2.83 bits per heavy atom. The summed E-state index contributed by atoms with van der Waals surface area (Å²) in [7, 11) is 0. The first kappa shape index (κ1) is 14.2. The molecular formula is C13H25N3OS. The van der Waals surface area contributed by atoms with Gasteiger partial charge >= 0.3 is 0 Å². The van der Waals surface area contributed by atoms with E-state index >= 15 is 0 Å². The molecule has 1 fully saturated rings. The minimum atomic E-state index is -0.0487. The molecule has 0 amide bonds. The second kappa shape index (κ2) is 5.41. The van der Waals surface area contributed by atoms with Crippen LogP contribution >= 0.6 is 11.8 Å². The number of morpholine rings is 1. The molecule has 18 heavy (non-hydrogen) atoms. The first-order valence-corrected chi connectivity index (χ1v) is 7.60. The van der Waals surface area contributed by atoms with Gasteiger partial charge in [-0.2, -0.15) is 0 Å². The molecule has 2 N–H and O–H groups in total. The highest BCUT2D eigenvalue weighted by molar-refractivity contribution is 8.02. The quantitative estimate of drug-likeness (QED) is 0.845. The summed E-state index contributed by atoms with van der Waals surface area (Å²) >= 11 is 1.87. The Balaban J connectivity index is 2.09. The smallest absolute Gasteiger partial charge is 0.135 e. The molecule has 1 atom stereocenters. The van der Waals surface area contributed by atoms with Crippen LogP contribution in [0.3, 0.4) is 0 Å². The van der Waals surface area contributed by atoms with Gasteiger partial charge in [0.1, 0.15) is 5.50 Å². The monoisotopic (exact) mass is 271 g/mol. The molecule has 2 heterocycles. The van der Waals surface area contributed by atoms with Gasteiger partial charge in [-0.1, -0.05) is 11.8 Å². The van der Waals surface area contributed by atoms with Gasteiger partial charge in [-0.25, -0.2) is 0 Å². The standard InChI is InChI=1S/C13H25N3OS/c1-10(2)16-11(7-14)8-18-12(16)15-5-6-17-13(3,4)9-15/h8,10,12H,5-7,9,14H2,1-4H3. The van der Waals surface area contributed by atoms with E-state index in [0.717, 1.165) is 19.7 Å². The summed E-state index contributed by atoms with van der Waals surface area (Å²) < 4.78 is 5.79. The molecule has 5 heteroatoms. The Morgan fingerprint density at radius 1 is 1.56 bits per heavy atom. The van der Waals surface area contributed by atoms with Crippen LogP contribution in [-0.2, 0) is 4.74 Å². The van der Waals surface area contributed by atoms with E-state index in [1.165, 1.54) is 5.70 Å². The third-order valence-electron chi connectivity index (χ3n) is 3.43. The van der Waals surface area contributed by atoms with Crippen molar-refractivity contribution >= 4 is 11.8 Å². The van der Waals surface area contributed by atoms with Crippen LogP contribution in [0.4, 0.5) is 0 Å². The molecule has 0 spiro atoms. The van der Waals surface area contributed by atoms with Crippen LogP contribution in [0.1, 0.15) is 27.7 Å². The molecule has 104 valence electrons. The second-order valence-electron chi connectivity index (χ2n) is 5.86. The molecular weight excluding hydrogens is 246 g/mol. The Labute approximate surface area is 115 Å². The summed E-state index contributed by atoms with van der Waals surface area (Å²) in [5.41, 5.74) is 7.43. The van der Waals surface area contributed by atoms with Crippen molar-refractivity contribution in [2.24, 2.45) is 5.73 Å². The van der Waals surface area contributed by atoms with Gasteiger partial charge in [0, 0.05) is 31.4 Å². The summed E-state index contributed by atoms with van der Waals surface area (Å²) in [6.07, 6.45) is 0. The molecule has 2 rings (SSSR count). The van der Waals surface area contributed by atoms with Gasteiger partial charge in [0.2, 0.25) is 0 Å². The van der Waals surface area contributed by atoms with Gasteiger partial charge in [-0.15, -0.1) is 0 Å². The summed E-state index contributed by atoms with van der Waals surface area (Å²) in [6, 6.07) is 0.478. The van der Waals surface area contributed by atoms with Gasteiger partial charge < -0.3 is 15.4 Å². The lowest BCUT2D eigenvalue weighted by atomic mass is 10.1. The fourth-order valence-electron chi connectivity index (χ4n) is 2.65. The first-order valence-electron chi connectivity index (χ1n) is 6.65. The van der Waals surface area contributed by atoms with Crippen LogP contribution in [-0.4, -0.2) is 53.2 Å². The topological polar surface area (TPSA) is 41.7 Å². The molecule has 0 aliphatic carbocycles. The van der Waals surface area contributed by atoms with Crippen LogP contribution in [0, 0.1) is 0 Å². The molecule has 4 nitrogen and oxygen atoms in total. The van der Waals surface area contributed by atoms with Crippen molar-refractivity contribution in [3.05, 3.63) is 11.1 Å². The van der Waals surface area contributed by atoms with Crippen LogP contribution in [0.5, 0.6) is 0 Å². The second-order valence-corrected chi connectivity index (χ2v) is 6.78. The van der Waals surface area contributed by atoms with Crippen molar-refractivity contribution in [3.8, 4) is 0 Å². The van der Waals surface area contributed by atoms with E-state index in [-0.39, 0.29) is 5.60 Å². The Bertz CT molecular complexity index is 330. The molecule has 0 radical (unpaired) electrons. The van der Waals surface area contributed by atoms with E-state index in [4.69, 9.17) is 10.5 Å². The zero-order valence-electron chi connectivity index (χ0n) is 11.8.